The van der Waals surface area contributed by atoms with Crippen LogP contribution in [0.4, 0.5) is 0 Å². The molecule has 1 N–H and O–H groups in total. The Morgan fingerprint density at radius 1 is 1.38 bits per heavy atom. The number of amides is 1. The van der Waals surface area contributed by atoms with Crippen molar-refractivity contribution >= 4 is 5.91 Å². The molecular formula is C10H16N2O. The summed E-state index contributed by atoms with van der Waals surface area (Å²) in [7, 11) is 1.66. The Labute approximate surface area is 78.8 Å². The third-order valence-corrected chi connectivity index (χ3v) is 2.26. The highest BCUT2D eigenvalue weighted by atomic mass is 16.1. The zero-order valence-corrected chi connectivity index (χ0v) is 8.42. The molecule has 1 heterocycles. The minimum atomic E-state index is 0.0903. The first-order chi connectivity index (χ1) is 6.15. The smallest absolute Gasteiger partial charge is 0.221 e. The second-order valence-electron chi connectivity index (χ2n) is 3.19. The highest BCUT2D eigenvalue weighted by Gasteiger charge is 2.02. The van der Waals surface area contributed by atoms with Gasteiger partial charge in [0, 0.05) is 31.4 Å². The van der Waals surface area contributed by atoms with E-state index in [0.717, 1.165) is 6.54 Å². The summed E-state index contributed by atoms with van der Waals surface area (Å²) in [6, 6.07) is 4.14. The first-order valence-electron chi connectivity index (χ1n) is 4.48. The molecule has 0 saturated carbocycles. The van der Waals surface area contributed by atoms with Crippen LogP contribution in [0.2, 0.25) is 0 Å². The summed E-state index contributed by atoms with van der Waals surface area (Å²) in [5.74, 6) is 0.0903. The fraction of sp³-hybridized carbons (Fsp3) is 0.500. The maximum Gasteiger partial charge on any atom is 0.221 e. The third-order valence-electron chi connectivity index (χ3n) is 2.26. The van der Waals surface area contributed by atoms with Crippen molar-refractivity contribution in [1.29, 1.82) is 0 Å². The van der Waals surface area contributed by atoms with E-state index in [-0.39, 0.29) is 5.91 Å². The van der Waals surface area contributed by atoms with Crippen molar-refractivity contribution in [3.8, 4) is 0 Å². The van der Waals surface area contributed by atoms with E-state index in [1.165, 1.54) is 11.4 Å². The average Bonchev–Trinajstić information content (AvgIpc) is 2.43. The maximum atomic E-state index is 11.0. The number of aromatic nitrogens is 1. The molecule has 13 heavy (non-hydrogen) atoms. The van der Waals surface area contributed by atoms with Crippen molar-refractivity contribution in [3.63, 3.8) is 0 Å². The Kier molecular flexibility index (Phi) is 3.12. The lowest BCUT2D eigenvalue weighted by atomic mass is 10.3. The molecule has 72 valence electrons. The second kappa shape index (κ2) is 4.12. The summed E-state index contributed by atoms with van der Waals surface area (Å²) in [5, 5.41) is 2.61. The standard InChI is InChI=1S/C10H16N2O/c1-8-4-5-9(2)12(8)7-6-10(13)11-3/h4-5H,6-7H2,1-3H3,(H,11,13). The van der Waals surface area contributed by atoms with Gasteiger partial charge >= 0.3 is 0 Å². The van der Waals surface area contributed by atoms with Gasteiger partial charge in [-0.15, -0.1) is 0 Å². The van der Waals surface area contributed by atoms with Crippen molar-refractivity contribution in [2.45, 2.75) is 26.8 Å². The van der Waals surface area contributed by atoms with Crippen LogP contribution in [-0.4, -0.2) is 17.5 Å². The number of aryl methyl sites for hydroxylation is 2. The molecule has 0 saturated heterocycles. The van der Waals surface area contributed by atoms with Crippen molar-refractivity contribution in [2.75, 3.05) is 7.05 Å². The lowest BCUT2D eigenvalue weighted by Gasteiger charge is -2.07. The van der Waals surface area contributed by atoms with Crippen LogP contribution in [-0.2, 0) is 11.3 Å². The Morgan fingerprint density at radius 3 is 2.38 bits per heavy atom. The van der Waals surface area contributed by atoms with Crippen molar-refractivity contribution in [3.05, 3.63) is 23.5 Å². The van der Waals surface area contributed by atoms with Crippen LogP contribution in [0.5, 0.6) is 0 Å². The van der Waals surface area contributed by atoms with Gasteiger partial charge in [-0.1, -0.05) is 0 Å². The Bertz CT molecular complexity index is 282. The van der Waals surface area contributed by atoms with E-state index in [2.05, 4.69) is 35.9 Å². The summed E-state index contributed by atoms with van der Waals surface area (Å²) >= 11 is 0. The molecular weight excluding hydrogens is 164 g/mol. The number of carbonyl (C=O) groups excluding carboxylic acids is 1. The molecule has 0 aromatic carbocycles. The van der Waals surface area contributed by atoms with Gasteiger partial charge in [0.2, 0.25) is 5.91 Å². The van der Waals surface area contributed by atoms with Crippen LogP contribution in [0.25, 0.3) is 0 Å². The first kappa shape index (κ1) is 9.84. The Balaban J connectivity index is 2.58. The molecule has 1 amide bonds. The first-order valence-corrected chi connectivity index (χ1v) is 4.48. The quantitative estimate of drug-likeness (QED) is 0.746. The van der Waals surface area contributed by atoms with Crippen LogP contribution in [0.1, 0.15) is 17.8 Å². The van der Waals surface area contributed by atoms with Gasteiger partial charge in [0.1, 0.15) is 0 Å². The van der Waals surface area contributed by atoms with Gasteiger partial charge in [0.25, 0.3) is 0 Å². The van der Waals surface area contributed by atoms with Crippen molar-refractivity contribution in [2.24, 2.45) is 0 Å². The molecule has 0 bridgehead atoms. The fourth-order valence-electron chi connectivity index (χ4n) is 1.39. The zero-order chi connectivity index (χ0) is 9.84. The van der Waals surface area contributed by atoms with Crippen LogP contribution >= 0.6 is 0 Å². The van der Waals surface area contributed by atoms with Gasteiger partial charge in [-0.25, -0.2) is 0 Å². The van der Waals surface area contributed by atoms with E-state index < -0.39 is 0 Å². The van der Waals surface area contributed by atoms with Gasteiger partial charge in [-0.3, -0.25) is 4.79 Å². The summed E-state index contributed by atoms with van der Waals surface area (Å²) in [4.78, 5) is 11.0. The molecule has 0 unspecified atom stereocenters. The third kappa shape index (κ3) is 2.34. The monoisotopic (exact) mass is 180 g/mol. The second-order valence-corrected chi connectivity index (χ2v) is 3.19. The number of rotatable bonds is 3. The summed E-state index contributed by atoms with van der Waals surface area (Å²) in [6.07, 6.45) is 0.548. The summed E-state index contributed by atoms with van der Waals surface area (Å²) < 4.78 is 2.15. The molecule has 3 heteroatoms. The van der Waals surface area contributed by atoms with Gasteiger partial charge in [0.05, 0.1) is 0 Å². The van der Waals surface area contributed by atoms with Crippen LogP contribution in [0, 0.1) is 13.8 Å². The lowest BCUT2D eigenvalue weighted by molar-refractivity contribution is -0.120. The van der Waals surface area contributed by atoms with Crippen molar-refractivity contribution < 1.29 is 4.79 Å². The largest absolute Gasteiger partial charge is 0.359 e. The predicted octanol–water partition coefficient (Wildman–Crippen LogP) is 1.24. The topological polar surface area (TPSA) is 34.0 Å². The number of hydrogen-bond donors (Lipinski definition) is 1. The lowest BCUT2D eigenvalue weighted by Crippen LogP contribution is -2.20. The van der Waals surface area contributed by atoms with Crippen molar-refractivity contribution in [1.82, 2.24) is 9.88 Å². The van der Waals surface area contributed by atoms with E-state index in [1.54, 1.807) is 7.05 Å². The van der Waals surface area contributed by atoms with E-state index in [1.807, 2.05) is 0 Å². The molecule has 0 aliphatic carbocycles. The SMILES string of the molecule is CNC(=O)CCn1c(C)ccc1C. The van der Waals surface area contributed by atoms with Gasteiger partial charge in [-0.05, 0) is 26.0 Å². The highest BCUT2D eigenvalue weighted by molar-refractivity contribution is 5.75. The zero-order valence-electron chi connectivity index (χ0n) is 8.42. The maximum absolute atomic E-state index is 11.0. The summed E-state index contributed by atoms with van der Waals surface area (Å²) in [6.45, 7) is 4.87. The molecule has 0 fully saturated rings. The Hall–Kier alpha value is -1.25. The number of carbonyl (C=O) groups is 1. The summed E-state index contributed by atoms with van der Waals surface area (Å²) in [5.41, 5.74) is 2.42. The molecule has 3 nitrogen and oxygen atoms in total. The van der Waals surface area contributed by atoms with Crippen LogP contribution in [0.3, 0.4) is 0 Å². The molecule has 1 rings (SSSR count). The van der Waals surface area contributed by atoms with E-state index in [9.17, 15) is 4.79 Å². The normalized spacial score (nSPS) is 10.1. The molecule has 0 aliphatic rings. The molecule has 1 aromatic rings. The van der Waals surface area contributed by atoms with Gasteiger partial charge in [-0.2, -0.15) is 0 Å². The van der Waals surface area contributed by atoms with Gasteiger partial charge in [0.15, 0.2) is 0 Å². The predicted molar refractivity (Wildman–Crippen MR) is 52.6 cm³/mol. The highest BCUT2D eigenvalue weighted by Crippen LogP contribution is 2.07. The number of nitrogens with one attached hydrogen (secondary N) is 1. The molecule has 0 spiro atoms. The molecule has 0 atom stereocenters. The Morgan fingerprint density at radius 2 is 1.92 bits per heavy atom. The molecule has 1 aromatic heterocycles. The minimum absolute atomic E-state index is 0.0903. The minimum Gasteiger partial charge on any atom is -0.359 e. The van der Waals surface area contributed by atoms with Gasteiger partial charge < -0.3 is 9.88 Å². The fourth-order valence-corrected chi connectivity index (χ4v) is 1.39. The molecule has 0 radical (unpaired) electrons. The number of nitrogens with zero attached hydrogens (tertiary/aromatic N) is 1. The number of hydrogen-bond acceptors (Lipinski definition) is 1. The average molecular weight is 180 g/mol. The van der Waals surface area contributed by atoms with Crippen LogP contribution < -0.4 is 5.32 Å². The van der Waals surface area contributed by atoms with Crippen LogP contribution in [0.15, 0.2) is 12.1 Å². The molecule has 0 aliphatic heterocycles. The van der Waals surface area contributed by atoms with E-state index in [4.69, 9.17) is 0 Å². The van der Waals surface area contributed by atoms with E-state index in [0.29, 0.717) is 6.42 Å². The van der Waals surface area contributed by atoms with E-state index >= 15 is 0 Å².